The first-order chi connectivity index (χ1) is 28.8. The van der Waals surface area contributed by atoms with Crippen LogP contribution in [0.1, 0.15) is 0 Å². The van der Waals surface area contributed by atoms with Gasteiger partial charge in [0.15, 0.2) is 0 Å². The molecule has 0 radical (unpaired) electrons. The summed E-state index contributed by atoms with van der Waals surface area (Å²) in [6.45, 7) is 0. The molecule has 9 aromatic carbocycles. The van der Waals surface area contributed by atoms with Gasteiger partial charge in [-0.2, -0.15) is 0 Å². The second kappa shape index (κ2) is 12.9. The largest absolute Gasteiger partial charge is 0.439 e. The van der Waals surface area contributed by atoms with Gasteiger partial charge in [0.1, 0.15) is 5.58 Å². The third-order valence-corrected chi connectivity index (χ3v) is 11.6. The summed E-state index contributed by atoms with van der Waals surface area (Å²) < 4.78 is 9.21. The van der Waals surface area contributed by atoms with E-state index in [-0.39, 0.29) is 0 Å². The summed E-state index contributed by atoms with van der Waals surface area (Å²) in [6, 6.07) is 76.0. The molecule has 0 spiro atoms. The standard InChI is InChI=1S/C54H35N3O/c1-5-18-39(19-6-1)55(40-20-7-2-8-21-40)43-31-38(32-44(35-43)56(41-22-9-3-10-23-41)42-24-11-4-12-25-42)36-29-30-50-47(33-36)52-48-34-37-17-13-14-26-45(37)51-46-27-15-16-28-49(46)57(53(48)51)54(52)58-50/h1-35H. The maximum atomic E-state index is 6.87. The topological polar surface area (TPSA) is 24.0 Å². The lowest BCUT2D eigenvalue weighted by molar-refractivity contribution is 0.652. The molecule has 0 atom stereocenters. The number of nitrogens with zero attached hydrogens (tertiary/aromatic N) is 3. The van der Waals surface area contributed by atoms with E-state index in [4.69, 9.17) is 4.42 Å². The highest BCUT2D eigenvalue weighted by Gasteiger charge is 2.25. The minimum atomic E-state index is 0.875. The maximum absolute atomic E-state index is 6.87. The van der Waals surface area contributed by atoms with Crippen molar-refractivity contribution in [3.63, 3.8) is 0 Å². The first-order valence-electron chi connectivity index (χ1n) is 19.8. The van der Waals surface area contributed by atoms with Crippen LogP contribution in [0.4, 0.5) is 34.1 Å². The molecule has 3 heterocycles. The summed E-state index contributed by atoms with van der Waals surface area (Å²) >= 11 is 0. The number of anilines is 6. The van der Waals surface area contributed by atoms with E-state index >= 15 is 0 Å². The first-order valence-corrected chi connectivity index (χ1v) is 19.8. The number of aromatic nitrogens is 1. The van der Waals surface area contributed by atoms with Crippen molar-refractivity contribution in [3.8, 4) is 11.1 Å². The fourth-order valence-electron chi connectivity index (χ4n) is 9.15. The first kappa shape index (κ1) is 32.4. The molecule has 4 heteroatoms. The van der Waals surface area contributed by atoms with E-state index in [0.717, 1.165) is 72.8 Å². The monoisotopic (exact) mass is 741 g/mol. The van der Waals surface area contributed by atoms with Crippen LogP contribution >= 0.6 is 0 Å². The molecule has 0 aliphatic carbocycles. The molecule has 272 valence electrons. The Hall–Kier alpha value is -7.82. The van der Waals surface area contributed by atoms with Crippen molar-refractivity contribution < 1.29 is 4.42 Å². The Kier molecular flexibility index (Phi) is 7.20. The van der Waals surface area contributed by atoms with Crippen LogP contribution in [0, 0.1) is 0 Å². The molecule has 58 heavy (non-hydrogen) atoms. The molecule has 4 nitrogen and oxygen atoms in total. The van der Waals surface area contributed by atoms with Crippen LogP contribution in [0.3, 0.4) is 0 Å². The average molecular weight is 742 g/mol. The van der Waals surface area contributed by atoms with Gasteiger partial charge in [0.25, 0.3) is 0 Å². The average Bonchev–Trinajstić information content (AvgIpc) is 3.94. The van der Waals surface area contributed by atoms with Gasteiger partial charge in [0.05, 0.1) is 16.4 Å². The van der Waals surface area contributed by atoms with E-state index in [1.54, 1.807) is 0 Å². The molecule has 0 amide bonds. The van der Waals surface area contributed by atoms with Crippen molar-refractivity contribution in [3.05, 3.63) is 212 Å². The second-order valence-electron chi connectivity index (χ2n) is 15.0. The minimum Gasteiger partial charge on any atom is -0.439 e. The molecule has 0 saturated heterocycles. The Morgan fingerprint density at radius 3 is 1.45 bits per heavy atom. The Bertz CT molecular complexity index is 3260. The summed E-state index contributed by atoms with van der Waals surface area (Å²) in [4.78, 5) is 4.69. The zero-order valence-corrected chi connectivity index (χ0v) is 31.5. The summed E-state index contributed by atoms with van der Waals surface area (Å²) in [5.41, 5.74) is 12.8. The lowest BCUT2D eigenvalue weighted by Crippen LogP contribution is -2.13. The molecule has 0 aliphatic heterocycles. The van der Waals surface area contributed by atoms with E-state index in [9.17, 15) is 0 Å². The second-order valence-corrected chi connectivity index (χ2v) is 15.0. The van der Waals surface area contributed by atoms with Crippen LogP contribution < -0.4 is 9.80 Å². The van der Waals surface area contributed by atoms with Crippen LogP contribution in [0.2, 0.25) is 0 Å². The van der Waals surface area contributed by atoms with Crippen molar-refractivity contribution in [1.29, 1.82) is 0 Å². The van der Waals surface area contributed by atoms with Gasteiger partial charge in [-0.3, -0.25) is 4.40 Å². The Labute approximate surface area is 335 Å². The van der Waals surface area contributed by atoms with Crippen LogP contribution in [0.5, 0.6) is 0 Å². The number of furan rings is 1. The van der Waals surface area contributed by atoms with E-state index in [1.807, 2.05) is 0 Å². The van der Waals surface area contributed by atoms with Gasteiger partial charge in [-0.05, 0) is 113 Å². The molecule has 0 N–H and O–H groups in total. The maximum Gasteiger partial charge on any atom is 0.213 e. The van der Waals surface area contributed by atoms with Crippen molar-refractivity contribution in [2.75, 3.05) is 9.80 Å². The Morgan fingerprint density at radius 1 is 0.345 bits per heavy atom. The number of benzene rings is 9. The van der Waals surface area contributed by atoms with Gasteiger partial charge in [-0.15, -0.1) is 0 Å². The highest BCUT2D eigenvalue weighted by molar-refractivity contribution is 6.34. The lowest BCUT2D eigenvalue weighted by Gasteiger charge is -2.30. The number of fused-ring (bicyclic) bond motifs is 10. The predicted octanol–water partition coefficient (Wildman–Crippen LogP) is 15.3. The Balaban J connectivity index is 1.14. The van der Waals surface area contributed by atoms with E-state index < -0.39 is 0 Å². The number of hydrogen-bond donors (Lipinski definition) is 0. The third-order valence-electron chi connectivity index (χ3n) is 11.6. The molecule has 0 aliphatic rings. The van der Waals surface area contributed by atoms with Crippen molar-refractivity contribution in [2.24, 2.45) is 0 Å². The normalized spacial score (nSPS) is 11.8. The SMILES string of the molecule is c1ccc(N(c2ccccc2)c2cc(-c3ccc4oc5c(c4c3)c3cc4ccccc4c4c6ccccc6n5c34)cc(N(c3ccccc3)c3ccccc3)c2)cc1. The summed E-state index contributed by atoms with van der Waals surface area (Å²) in [7, 11) is 0. The fraction of sp³-hybridized carbons (Fsp3) is 0. The van der Waals surface area contributed by atoms with Crippen molar-refractivity contribution in [1.82, 2.24) is 4.40 Å². The number of rotatable bonds is 7. The number of hydrogen-bond acceptors (Lipinski definition) is 3. The molecule has 0 fully saturated rings. The van der Waals surface area contributed by atoms with Gasteiger partial charge in [-0.25, -0.2) is 0 Å². The number of para-hydroxylation sites is 5. The van der Waals surface area contributed by atoms with Crippen LogP contribution in [-0.4, -0.2) is 4.40 Å². The van der Waals surface area contributed by atoms with Crippen LogP contribution in [0.15, 0.2) is 217 Å². The molecule has 3 aromatic heterocycles. The summed E-state index contributed by atoms with van der Waals surface area (Å²) in [5, 5.41) is 8.48. The van der Waals surface area contributed by atoms with Gasteiger partial charge in [0.2, 0.25) is 5.71 Å². The zero-order chi connectivity index (χ0) is 38.2. The van der Waals surface area contributed by atoms with Crippen molar-refractivity contribution in [2.45, 2.75) is 0 Å². The Morgan fingerprint density at radius 2 is 0.862 bits per heavy atom. The molecule has 12 aromatic rings. The van der Waals surface area contributed by atoms with Gasteiger partial charge in [-0.1, -0.05) is 121 Å². The third kappa shape index (κ3) is 4.95. The molecule has 0 bridgehead atoms. The highest BCUT2D eigenvalue weighted by atomic mass is 16.3. The van der Waals surface area contributed by atoms with E-state index in [1.165, 1.54) is 32.4 Å². The molecule has 0 saturated carbocycles. The van der Waals surface area contributed by atoms with Gasteiger partial charge < -0.3 is 14.2 Å². The fourth-order valence-corrected chi connectivity index (χ4v) is 9.15. The summed E-state index contributed by atoms with van der Waals surface area (Å²) in [5.74, 6) is 0. The van der Waals surface area contributed by atoms with E-state index in [0.29, 0.717) is 0 Å². The molecular formula is C54H35N3O. The summed E-state index contributed by atoms with van der Waals surface area (Å²) in [6.07, 6.45) is 0. The van der Waals surface area contributed by atoms with Crippen molar-refractivity contribution >= 4 is 94.2 Å². The zero-order valence-electron chi connectivity index (χ0n) is 31.5. The highest BCUT2D eigenvalue weighted by Crippen LogP contribution is 2.48. The molecule has 12 rings (SSSR count). The molecular weight excluding hydrogens is 707 g/mol. The van der Waals surface area contributed by atoms with Crippen LogP contribution in [0.25, 0.3) is 71.2 Å². The lowest BCUT2D eigenvalue weighted by atomic mass is 9.98. The minimum absolute atomic E-state index is 0.875. The quantitative estimate of drug-likeness (QED) is 0.163. The molecule has 0 unspecified atom stereocenters. The van der Waals surface area contributed by atoms with Gasteiger partial charge >= 0.3 is 0 Å². The van der Waals surface area contributed by atoms with Crippen LogP contribution in [-0.2, 0) is 0 Å². The smallest absolute Gasteiger partial charge is 0.213 e. The predicted molar refractivity (Wildman–Crippen MR) is 243 cm³/mol. The van der Waals surface area contributed by atoms with Gasteiger partial charge in [0, 0.05) is 55.7 Å². The van der Waals surface area contributed by atoms with E-state index in [2.05, 4.69) is 227 Å².